The van der Waals surface area contributed by atoms with E-state index in [4.69, 9.17) is 15.9 Å². The molecule has 0 fully saturated rings. The zero-order chi connectivity index (χ0) is 7.72. The van der Waals surface area contributed by atoms with Crippen molar-refractivity contribution < 1.29 is 15.0 Å². The number of nitrogens with two attached hydrogens (primary N) is 1. The van der Waals surface area contributed by atoms with Crippen LogP contribution in [0.1, 0.15) is 6.42 Å². The topological polar surface area (TPSA) is 83.6 Å². The largest absolute Gasteiger partial charge is 0.478 e. The van der Waals surface area contributed by atoms with Crippen molar-refractivity contribution in [3.8, 4) is 0 Å². The van der Waals surface area contributed by atoms with Gasteiger partial charge in [-0.25, -0.2) is 4.79 Å². The van der Waals surface area contributed by atoms with Gasteiger partial charge in [-0.1, -0.05) is 6.08 Å². The molecule has 0 saturated heterocycles. The second-order valence-electron chi connectivity index (χ2n) is 2.31. The van der Waals surface area contributed by atoms with Crippen molar-refractivity contribution in [1.82, 2.24) is 0 Å². The number of carbonyl (C=O) groups is 1. The van der Waals surface area contributed by atoms with E-state index in [-0.39, 0.29) is 5.57 Å². The average molecular weight is 143 g/mol. The maximum absolute atomic E-state index is 10.3. The number of rotatable bonds is 1. The lowest BCUT2D eigenvalue weighted by Gasteiger charge is -2.09. The zero-order valence-corrected chi connectivity index (χ0v) is 5.32. The predicted octanol–water partition coefficient (Wildman–Crippen LogP) is -0.911. The molecule has 1 aliphatic carbocycles. The fraction of sp³-hybridized carbons (Fsp3) is 0.500. The van der Waals surface area contributed by atoms with E-state index in [0.29, 0.717) is 6.42 Å². The summed E-state index contributed by atoms with van der Waals surface area (Å²) in [6, 6.07) is -0.439. The second-order valence-corrected chi connectivity index (χ2v) is 2.31. The molecule has 0 aromatic carbocycles. The summed E-state index contributed by atoms with van der Waals surface area (Å²) in [6.07, 6.45) is 0.915. The highest BCUT2D eigenvalue weighted by atomic mass is 16.4. The van der Waals surface area contributed by atoms with Crippen molar-refractivity contribution >= 4 is 5.97 Å². The number of hydrogen-bond acceptors (Lipinski definition) is 3. The van der Waals surface area contributed by atoms with E-state index >= 15 is 0 Å². The lowest BCUT2D eigenvalue weighted by atomic mass is 10.1. The quantitative estimate of drug-likeness (QED) is 0.443. The summed E-state index contributed by atoms with van der Waals surface area (Å²) in [6.45, 7) is 0. The summed E-state index contributed by atoms with van der Waals surface area (Å²) in [5.74, 6) is -1.08. The van der Waals surface area contributed by atoms with E-state index in [1.54, 1.807) is 0 Å². The summed E-state index contributed by atoms with van der Waals surface area (Å²) in [7, 11) is 0. The lowest BCUT2D eigenvalue weighted by Crippen LogP contribution is -2.33. The van der Waals surface area contributed by atoms with Crippen LogP contribution >= 0.6 is 0 Å². The first-order chi connectivity index (χ1) is 4.63. The summed E-state index contributed by atoms with van der Waals surface area (Å²) >= 11 is 0. The van der Waals surface area contributed by atoms with Crippen LogP contribution in [0.3, 0.4) is 0 Å². The van der Waals surface area contributed by atoms with Crippen LogP contribution in [0.15, 0.2) is 11.6 Å². The molecule has 0 radical (unpaired) electrons. The predicted molar refractivity (Wildman–Crippen MR) is 34.3 cm³/mol. The SMILES string of the molecule is N[C@@H]1CC=C(C(=O)O)[C@H]1O. The Labute approximate surface area is 58.0 Å². The van der Waals surface area contributed by atoms with Gasteiger partial charge >= 0.3 is 5.97 Å². The minimum atomic E-state index is -1.08. The van der Waals surface area contributed by atoms with Gasteiger partial charge in [-0.05, 0) is 6.42 Å². The molecule has 4 nitrogen and oxygen atoms in total. The molecule has 0 aromatic rings. The van der Waals surface area contributed by atoms with Gasteiger partial charge in [-0.15, -0.1) is 0 Å². The van der Waals surface area contributed by atoms with Crippen LogP contribution in [0.4, 0.5) is 0 Å². The molecule has 2 atom stereocenters. The number of aliphatic hydroxyl groups is 1. The maximum Gasteiger partial charge on any atom is 0.333 e. The van der Waals surface area contributed by atoms with E-state index in [9.17, 15) is 4.79 Å². The van der Waals surface area contributed by atoms with Crippen molar-refractivity contribution in [2.75, 3.05) is 0 Å². The van der Waals surface area contributed by atoms with Crippen LogP contribution in [0, 0.1) is 0 Å². The molecule has 0 heterocycles. The Morgan fingerprint density at radius 1 is 1.80 bits per heavy atom. The van der Waals surface area contributed by atoms with Crippen LogP contribution < -0.4 is 5.73 Å². The van der Waals surface area contributed by atoms with Crippen LogP contribution in [0.2, 0.25) is 0 Å². The Morgan fingerprint density at radius 3 is 2.60 bits per heavy atom. The van der Waals surface area contributed by atoms with Gasteiger partial charge in [-0.2, -0.15) is 0 Å². The van der Waals surface area contributed by atoms with Gasteiger partial charge in [0, 0.05) is 6.04 Å². The monoisotopic (exact) mass is 143 g/mol. The van der Waals surface area contributed by atoms with Crippen molar-refractivity contribution in [3.05, 3.63) is 11.6 Å². The molecule has 0 amide bonds. The fourth-order valence-electron chi connectivity index (χ4n) is 0.957. The maximum atomic E-state index is 10.3. The first-order valence-corrected chi connectivity index (χ1v) is 3.00. The molecule has 0 aromatic heterocycles. The molecule has 56 valence electrons. The van der Waals surface area contributed by atoms with E-state index in [2.05, 4.69) is 0 Å². The van der Waals surface area contributed by atoms with Gasteiger partial charge in [0.25, 0.3) is 0 Å². The molecule has 4 N–H and O–H groups in total. The summed E-state index contributed by atoms with van der Waals surface area (Å²) in [4.78, 5) is 10.3. The third-order valence-electron chi connectivity index (χ3n) is 1.58. The van der Waals surface area contributed by atoms with E-state index < -0.39 is 18.1 Å². The van der Waals surface area contributed by atoms with Crippen LogP contribution in [0.25, 0.3) is 0 Å². The molecule has 0 bridgehead atoms. The third kappa shape index (κ3) is 1.03. The number of carboxylic acid groups (broad SMARTS) is 1. The molecule has 4 heteroatoms. The molecule has 10 heavy (non-hydrogen) atoms. The molecular weight excluding hydrogens is 134 g/mol. The summed E-state index contributed by atoms with van der Waals surface area (Å²) < 4.78 is 0. The first kappa shape index (κ1) is 7.24. The zero-order valence-electron chi connectivity index (χ0n) is 5.32. The van der Waals surface area contributed by atoms with E-state index in [1.807, 2.05) is 0 Å². The third-order valence-corrected chi connectivity index (χ3v) is 1.58. The molecule has 0 saturated carbocycles. The lowest BCUT2D eigenvalue weighted by molar-refractivity contribution is -0.133. The molecular formula is C6H9NO3. The molecule has 1 rings (SSSR count). The fourth-order valence-corrected chi connectivity index (χ4v) is 0.957. The second kappa shape index (κ2) is 2.40. The molecule has 0 aliphatic heterocycles. The normalized spacial score (nSPS) is 32.0. The highest BCUT2D eigenvalue weighted by Gasteiger charge is 2.28. The van der Waals surface area contributed by atoms with Gasteiger partial charge in [0.15, 0.2) is 0 Å². The highest BCUT2D eigenvalue weighted by Crippen LogP contribution is 2.17. The highest BCUT2D eigenvalue weighted by molar-refractivity contribution is 5.88. The Bertz CT molecular complexity index is 187. The van der Waals surface area contributed by atoms with Gasteiger partial charge in [-0.3, -0.25) is 0 Å². The Hall–Kier alpha value is -0.870. The standard InChI is InChI=1S/C6H9NO3/c7-4-2-1-3(5(4)8)6(9)10/h1,4-5,8H,2,7H2,(H,9,10)/t4-,5-/m1/s1. The van der Waals surface area contributed by atoms with Crippen LogP contribution in [-0.2, 0) is 4.79 Å². The van der Waals surface area contributed by atoms with Gasteiger partial charge < -0.3 is 15.9 Å². The smallest absolute Gasteiger partial charge is 0.333 e. The molecule has 0 spiro atoms. The average Bonchev–Trinajstić information content (AvgIpc) is 2.14. The first-order valence-electron chi connectivity index (χ1n) is 3.00. The number of carboxylic acids is 1. The minimum absolute atomic E-state index is 0.0208. The van der Waals surface area contributed by atoms with Crippen molar-refractivity contribution in [1.29, 1.82) is 0 Å². The minimum Gasteiger partial charge on any atom is -0.478 e. The van der Waals surface area contributed by atoms with Crippen molar-refractivity contribution in [3.63, 3.8) is 0 Å². The Kier molecular flexibility index (Phi) is 1.74. The number of aliphatic hydroxyl groups excluding tert-OH is 1. The van der Waals surface area contributed by atoms with E-state index in [0.717, 1.165) is 0 Å². The number of aliphatic carboxylic acids is 1. The van der Waals surface area contributed by atoms with Gasteiger partial charge in [0.2, 0.25) is 0 Å². The van der Waals surface area contributed by atoms with Crippen molar-refractivity contribution in [2.24, 2.45) is 5.73 Å². The van der Waals surface area contributed by atoms with Crippen LogP contribution in [0.5, 0.6) is 0 Å². The summed E-state index contributed by atoms with van der Waals surface area (Å²) in [5.41, 5.74) is 5.36. The Morgan fingerprint density at radius 2 is 2.40 bits per heavy atom. The van der Waals surface area contributed by atoms with E-state index in [1.165, 1.54) is 6.08 Å². The Balaban J connectivity index is 2.72. The molecule has 0 unspecified atom stereocenters. The van der Waals surface area contributed by atoms with Crippen molar-refractivity contribution in [2.45, 2.75) is 18.6 Å². The number of hydrogen-bond donors (Lipinski definition) is 3. The van der Waals surface area contributed by atoms with Gasteiger partial charge in [0.1, 0.15) is 6.10 Å². The van der Waals surface area contributed by atoms with Gasteiger partial charge in [0.05, 0.1) is 5.57 Å². The molecule has 1 aliphatic rings. The summed E-state index contributed by atoms with van der Waals surface area (Å²) in [5, 5.41) is 17.5. The van der Waals surface area contributed by atoms with Crippen LogP contribution in [-0.4, -0.2) is 28.3 Å².